The molecular formula is C18H22N7O16P3. The number of anilines is 1. The average Bonchev–Trinajstić information content (AvgIpc) is 3.24. The van der Waals surface area contributed by atoms with E-state index in [9.17, 15) is 48.3 Å². The van der Waals surface area contributed by atoms with Gasteiger partial charge in [0.2, 0.25) is 0 Å². The van der Waals surface area contributed by atoms with Crippen LogP contribution >= 0.6 is 23.5 Å². The van der Waals surface area contributed by atoms with E-state index in [1.54, 1.807) is 0 Å². The molecule has 0 saturated carbocycles. The fourth-order valence-electron chi connectivity index (χ4n) is 3.63. The number of nitro benzene ring substituents is 1. The lowest BCUT2D eigenvalue weighted by atomic mass is 10.2. The van der Waals surface area contributed by atoms with Gasteiger partial charge in [0.15, 0.2) is 0 Å². The fraction of sp³-hybridized carbons (Fsp3) is 0.333. The number of ether oxygens (including phenoxy) is 1. The van der Waals surface area contributed by atoms with E-state index < -0.39 is 64.7 Å². The minimum atomic E-state index is -5.77. The van der Waals surface area contributed by atoms with Crippen molar-refractivity contribution in [1.82, 2.24) is 9.55 Å². The summed E-state index contributed by atoms with van der Waals surface area (Å²) in [5.74, 6) is 0. The Labute approximate surface area is 243 Å². The Morgan fingerprint density at radius 1 is 1.23 bits per heavy atom. The monoisotopic (exact) mass is 685 g/mol. The fourth-order valence-corrected chi connectivity index (χ4v) is 6.66. The molecule has 23 nitrogen and oxygen atoms in total. The largest absolute Gasteiger partial charge is 0.490 e. The quantitative estimate of drug-likeness (QED) is 0.0370. The molecule has 7 N–H and O–H groups in total. The van der Waals surface area contributed by atoms with Crippen LogP contribution in [0.15, 0.2) is 45.2 Å². The van der Waals surface area contributed by atoms with Crippen LogP contribution in [0.1, 0.15) is 18.2 Å². The predicted molar refractivity (Wildman–Crippen MR) is 145 cm³/mol. The third kappa shape index (κ3) is 10.0. The summed E-state index contributed by atoms with van der Waals surface area (Å²) in [6, 6.07) is 3.61. The van der Waals surface area contributed by atoms with Crippen LogP contribution in [0.2, 0.25) is 0 Å². The van der Waals surface area contributed by atoms with Crippen molar-refractivity contribution in [3.63, 3.8) is 0 Å². The van der Waals surface area contributed by atoms with Crippen molar-refractivity contribution in [3.8, 4) is 0 Å². The zero-order valence-electron chi connectivity index (χ0n) is 21.6. The molecule has 2 heterocycles. The van der Waals surface area contributed by atoms with Crippen LogP contribution in [0.4, 0.5) is 17.1 Å². The summed E-state index contributed by atoms with van der Waals surface area (Å²) in [6.07, 6.45) is -0.783. The summed E-state index contributed by atoms with van der Waals surface area (Å²) in [5.41, 5.74) is 6.47. The lowest BCUT2D eigenvalue weighted by Crippen LogP contribution is -2.33. The number of phosphoric ester groups is 1. The minimum Gasteiger partial charge on any atom is -0.390 e. The Morgan fingerprint density at radius 3 is 2.57 bits per heavy atom. The van der Waals surface area contributed by atoms with Gasteiger partial charge >= 0.3 is 29.2 Å². The Kier molecular flexibility index (Phi) is 11.2. The van der Waals surface area contributed by atoms with Gasteiger partial charge in [-0.3, -0.25) is 29.0 Å². The van der Waals surface area contributed by atoms with E-state index >= 15 is 0 Å². The number of aliphatic hydroxyl groups excluding tert-OH is 1. The number of nitro groups is 1. The maximum atomic E-state index is 12.4. The van der Waals surface area contributed by atoms with E-state index in [0.717, 1.165) is 16.8 Å². The van der Waals surface area contributed by atoms with Gasteiger partial charge in [-0.15, -0.1) is 0 Å². The number of azide groups is 1. The van der Waals surface area contributed by atoms with Crippen LogP contribution in [-0.2, 0) is 31.6 Å². The maximum Gasteiger partial charge on any atom is 0.490 e. The molecule has 240 valence electrons. The highest BCUT2D eigenvalue weighted by atomic mass is 31.3. The predicted octanol–water partition coefficient (Wildman–Crippen LogP) is 1.50. The van der Waals surface area contributed by atoms with Crippen molar-refractivity contribution >= 4 is 46.6 Å². The molecule has 1 saturated heterocycles. The van der Waals surface area contributed by atoms with Crippen LogP contribution in [0, 0.1) is 10.1 Å². The smallest absolute Gasteiger partial charge is 0.390 e. The van der Waals surface area contributed by atoms with Crippen molar-refractivity contribution in [3.05, 3.63) is 77.4 Å². The number of rotatable bonds is 14. The highest BCUT2D eigenvalue weighted by Gasteiger charge is 2.43. The Morgan fingerprint density at radius 2 is 1.93 bits per heavy atom. The molecule has 3 rings (SSSR count). The van der Waals surface area contributed by atoms with Crippen LogP contribution in [0.3, 0.4) is 0 Å². The third-order valence-corrected chi connectivity index (χ3v) is 9.18. The number of hydrogen-bond acceptors (Lipinski definition) is 14. The van der Waals surface area contributed by atoms with Gasteiger partial charge < -0.3 is 34.7 Å². The molecule has 1 fully saturated rings. The first-order chi connectivity index (χ1) is 20.4. The molecule has 0 spiro atoms. The number of aromatic amines is 1. The van der Waals surface area contributed by atoms with E-state index in [-0.39, 0.29) is 35.6 Å². The molecule has 1 aromatic carbocycles. The van der Waals surface area contributed by atoms with Gasteiger partial charge in [0.05, 0.1) is 23.2 Å². The number of phosphoric acid groups is 3. The van der Waals surface area contributed by atoms with Gasteiger partial charge in [-0.25, -0.2) is 18.5 Å². The van der Waals surface area contributed by atoms with Gasteiger partial charge in [0.1, 0.15) is 18.0 Å². The standard InChI is InChI=1S/C18H22N7O16P3/c19-23-22-11-3-4-13(25(29)30)12(6-11)20-5-1-2-10-8-24(18(28)21-17(10)27)16-7-14(26)15(39-16)9-38-43(34,35)41-44(36,37)40-42(31,32)33/h1-4,6,8,14-16,20,26H,5,7,9H2,(H,34,35)(H,36,37)(H,21,27,28)(H2,31,32,33)/b2-1+/t14-,15+,16+/m0/s1. The van der Waals surface area contributed by atoms with Gasteiger partial charge in [0.25, 0.3) is 11.2 Å². The molecule has 0 radical (unpaired) electrons. The van der Waals surface area contributed by atoms with E-state index in [4.69, 9.17) is 20.1 Å². The second-order valence-corrected chi connectivity index (χ2v) is 12.9. The van der Waals surface area contributed by atoms with Crippen molar-refractivity contribution in [1.29, 1.82) is 0 Å². The summed E-state index contributed by atoms with van der Waals surface area (Å²) in [4.78, 5) is 75.9. The van der Waals surface area contributed by atoms with Crippen molar-refractivity contribution in [2.45, 2.75) is 24.9 Å². The Bertz CT molecular complexity index is 1750. The molecule has 1 aliphatic rings. The topological polar surface area (TPSA) is 348 Å². The highest BCUT2D eigenvalue weighted by molar-refractivity contribution is 7.66. The lowest BCUT2D eigenvalue weighted by Gasteiger charge is -2.19. The number of hydrogen-bond donors (Lipinski definition) is 7. The van der Waals surface area contributed by atoms with E-state index in [2.05, 4.69) is 28.5 Å². The number of nitrogens with zero attached hydrogens (tertiary/aromatic N) is 5. The van der Waals surface area contributed by atoms with Crippen LogP contribution in [-0.4, -0.2) is 64.5 Å². The first-order valence-corrected chi connectivity index (χ1v) is 16.1. The zero-order chi connectivity index (χ0) is 32.9. The number of benzene rings is 1. The van der Waals surface area contributed by atoms with E-state index in [0.29, 0.717) is 0 Å². The van der Waals surface area contributed by atoms with Gasteiger partial charge in [-0.1, -0.05) is 17.3 Å². The molecule has 0 aliphatic carbocycles. The molecule has 1 aliphatic heterocycles. The average molecular weight is 685 g/mol. The second kappa shape index (κ2) is 14.1. The molecule has 0 bridgehead atoms. The number of nitrogens with one attached hydrogen (secondary N) is 2. The molecule has 5 atom stereocenters. The van der Waals surface area contributed by atoms with Crippen molar-refractivity contribution in [2.75, 3.05) is 18.5 Å². The second-order valence-electron chi connectivity index (χ2n) is 8.50. The lowest BCUT2D eigenvalue weighted by molar-refractivity contribution is -0.383. The molecular weight excluding hydrogens is 663 g/mol. The SMILES string of the molecule is [N-]=[N+]=Nc1ccc([N+](=O)[O-])c(NC/C=C/c2cn([C@H]3C[C@H](O)[C@@H](COP(=O)(O)OP(=O)(O)OP(=O)(O)O)O3)c(=O)[nH]c2=O)c1. The molecule has 1 aromatic heterocycles. The van der Waals surface area contributed by atoms with E-state index in [1.165, 1.54) is 24.3 Å². The molecule has 44 heavy (non-hydrogen) atoms. The maximum absolute atomic E-state index is 12.4. The summed E-state index contributed by atoms with van der Waals surface area (Å²) in [7, 11) is -16.9. The molecule has 26 heteroatoms. The third-order valence-electron chi connectivity index (χ3n) is 5.37. The Balaban J connectivity index is 1.68. The highest BCUT2D eigenvalue weighted by Crippen LogP contribution is 2.66. The summed E-state index contributed by atoms with van der Waals surface area (Å²) < 4.78 is 52.0. The number of aliphatic hydroxyl groups is 1. The van der Waals surface area contributed by atoms with Gasteiger partial charge in [0, 0.05) is 35.8 Å². The van der Waals surface area contributed by atoms with Crippen molar-refractivity contribution < 1.29 is 61.2 Å². The van der Waals surface area contributed by atoms with Crippen LogP contribution in [0.5, 0.6) is 0 Å². The molecule has 2 unspecified atom stereocenters. The number of aromatic nitrogens is 2. The summed E-state index contributed by atoms with van der Waals surface area (Å²) in [5, 5.41) is 27.6. The van der Waals surface area contributed by atoms with Crippen LogP contribution in [0.25, 0.3) is 16.5 Å². The van der Waals surface area contributed by atoms with Crippen LogP contribution < -0.4 is 16.6 Å². The summed E-state index contributed by atoms with van der Waals surface area (Å²) >= 11 is 0. The molecule has 2 aromatic rings. The summed E-state index contributed by atoms with van der Waals surface area (Å²) in [6.45, 7) is -1.05. The zero-order valence-corrected chi connectivity index (χ0v) is 24.3. The van der Waals surface area contributed by atoms with Gasteiger partial charge in [-0.2, -0.15) is 8.62 Å². The number of H-pyrrole nitrogens is 1. The van der Waals surface area contributed by atoms with Gasteiger partial charge in [-0.05, 0) is 17.7 Å². The Hall–Kier alpha value is -3.52. The van der Waals surface area contributed by atoms with Crippen molar-refractivity contribution in [2.24, 2.45) is 5.11 Å². The van der Waals surface area contributed by atoms with E-state index in [1.807, 2.05) is 4.98 Å². The molecule has 0 amide bonds. The minimum absolute atomic E-state index is 0.0129. The first-order valence-electron chi connectivity index (χ1n) is 11.6. The first kappa shape index (κ1) is 35.0. The normalized spacial score (nSPS) is 21.3.